The lowest BCUT2D eigenvalue weighted by molar-refractivity contribution is 0.0952. The molecule has 0 bridgehead atoms. The molecule has 0 amide bonds. The van der Waals surface area contributed by atoms with Crippen LogP contribution in [0.25, 0.3) is 0 Å². The fourth-order valence-corrected chi connectivity index (χ4v) is 2.16. The second-order valence-corrected chi connectivity index (χ2v) is 4.98. The van der Waals surface area contributed by atoms with Gasteiger partial charge in [-0.3, -0.25) is 4.79 Å². The van der Waals surface area contributed by atoms with Crippen LogP contribution < -0.4 is 0 Å². The maximum absolute atomic E-state index is 11.6. The van der Waals surface area contributed by atoms with Gasteiger partial charge in [-0.15, -0.1) is 0 Å². The Bertz CT molecular complexity index is 301. The van der Waals surface area contributed by atoms with Crippen molar-refractivity contribution in [2.24, 2.45) is 0 Å². The van der Waals surface area contributed by atoms with E-state index in [9.17, 15) is 4.79 Å². The zero-order chi connectivity index (χ0) is 13.1. The molecule has 0 aliphatic carbocycles. The first kappa shape index (κ1) is 15.0. The summed E-state index contributed by atoms with van der Waals surface area (Å²) in [5, 5.41) is 0. The van der Waals surface area contributed by atoms with E-state index in [0.717, 1.165) is 6.42 Å². The normalized spacial score (nSPS) is 10.7. The molecule has 1 rings (SSSR count). The molecule has 0 fully saturated rings. The summed E-state index contributed by atoms with van der Waals surface area (Å²) in [5.74, 6) is 0.650. The maximum Gasteiger partial charge on any atom is 0.197 e. The Kier molecular flexibility index (Phi) is 8.28. The molecule has 0 N–H and O–H groups in total. The van der Waals surface area contributed by atoms with Crippen molar-refractivity contribution in [1.82, 2.24) is 0 Å². The standard InChI is InChI=1S/C16H26O2/c1-2-3-4-5-6-7-8-9-10-12-15(17)16-13-11-14-18-16/h11,13-14H,2-10,12H2,1H3. The Labute approximate surface area is 111 Å². The van der Waals surface area contributed by atoms with Crippen molar-refractivity contribution < 1.29 is 9.21 Å². The molecule has 2 heteroatoms. The maximum atomic E-state index is 11.6. The summed E-state index contributed by atoms with van der Waals surface area (Å²) in [7, 11) is 0. The predicted molar refractivity (Wildman–Crippen MR) is 74.9 cm³/mol. The van der Waals surface area contributed by atoms with Gasteiger partial charge in [-0.05, 0) is 18.6 Å². The highest BCUT2D eigenvalue weighted by Crippen LogP contribution is 2.12. The minimum Gasteiger partial charge on any atom is -0.461 e. The van der Waals surface area contributed by atoms with E-state index < -0.39 is 0 Å². The predicted octanol–water partition coefficient (Wildman–Crippen LogP) is 5.38. The molecule has 0 unspecified atom stereocenters. The van der Waals surface area contributed by atoms with Gasteiger partial charge in [0.15, 0.2) is 11.5 Å². The summed E-state index contributed by atoms with van der Waals surface area (Å²) in [6.45, 7) is 2.25. The Balaban J connectivity index is 1.88. The van der Waals surface area contributed by atoms with Crippen molar-refractivity contribution in [1.29, 1.82) is 0 Å². The van der Waals surface area contributed by atoms with Gasteiger partial charge in [-0.1, -0.05) is 58.3 Å². The lowest BCUT2D eigenvalue weighted by Gasteiger charge is -2.01. The molecule has 0 atom stereocenters. The molecule has 0 saturated heterocycles. The quantitative estimate of drug-likeness (QED) is 0.389. The first-order chi connectivity index (χ1) is 8.84. The molecule has 1 aromatic rings. The van der Waals surface area contributed by atoms with E-state index in [1.807, 2.05) is 0 Å². The van der Waals surface area contributed by atoms with Gasteiger partial charge in [0.1, 0.15) is 0 Å². The number of unbranched alkanes of at least 4 members (excludes halogenated alkanes) is 8. The molecule has 0 aromatic carbocycles. The number of rotatable bonds is 11. The van der Waals surface area contributed by atoms with Gasteiger partial charge in [0.05, 0.1) is 6.26 Å². The van der Waals surface area contributed by atoms with Crippen LogP contribution in [0.4, 0.5) is 0 Å². The molecular weight excluding hydrogens is 224 g/mol. The molecule has 1 heterocycles. The molecule has 18 heavy (non-hydrogen) atoms. The van der Waals surface area contributed by atoms with Gasteiger partial charge < -0.3 is 4.42 Å². The third kappa shape index (κ3) is 6.63. The summed E-state index contributed by atoms with van der Waals surface area (Å²) >= 11 is 0. The highest BCUT2D eigenvalue weighted by atomic mass is 16.3. The Morgan fingerprint density at radius 3 is 2.17 bits per heavy atom. The molecule has 0 radical (unpaired) electrons. The molecule has 102 valence electrons. The number of ketones is 1. The second kappa shape index (κ2) is 9.93. The van der Waals surface area contributed by atoms with E-state index >= 15 is 0 Å². The minimum absolute atomic E-state index is 0.142. The average Bonchev–Trinajstić information content (AvgIpc) is 2.90. The monoisotopic (exact) mass is 250 g/mol. The summed E-state index contributed by atoms with van der Waals surface area (Å²) in [4.78, 5) is 11.6. The number of carbonyl (C=O) groups is 1. The summed E-state index contributed by atoms with van der Waals surface area (Å²) in [5.41, 5.74) is 0. The average molecular weight is 250 g/mol. The van der Waals surface area contributed by atoms with Crippen LogP contribution in [0.15, 0.2) is 22.8 Å². The van der Waals surface area contributed by atoms with Crippen LogP contribution in [-0.4, -0.2) is 5.78 Å². The molecule has 0 spiro atoms. The van der Waals surface area contributed by atoms with E-state index in [1.54, 1.807) is 18.4 Å². The molecule has 0 aliphatic heterocycles. The van der Waals surface area contributed by atoms with Gasteiger partial charge in [0.2, 0.25) is 0 Å². The first-order valence-electron chi connectivity index (χ1n) is 7.41. The van der Waals surface area contributed by atoms with Gasteiger partial charge in [-0.25, -0.2) is 0 Å². The summed E-state index contributed by atoms with van der Waals surface area (Å²) in [6, 6.07) is 3.51. The lowest BCUT2D eigenvalue weighted by Crippen LogP contribution is -1.96. The minimum atomic E-state index is 0.142. The zero-order valence-corrected chi connectivity index (χ0v) is 11.6. The van der Waals surface area contributed by atoms with Crippen LogP contribution in [0.5, 0.6) is 0 Å². The van der Waals surface area contributed by atoms with E-state index in [0.29, 0.717) is 12.2 Å². The first-order valence-corrected chi connectivity index (χ1v) is 7.41. The topological polar surface area (TPSA) is 30.2 Å². The van der Waals surface area contributed by atoms with E-state index in [-0.39, 0.29) is 5.78 Å². The van der Waals surface area contributed by atoms with E-state index in [2.05, 4.69) is 6.92 Å². The smallest absolute Gasteiger partial charge is 0.197 e. The molecule has 0 saturated carbocycles. The Hall–Kier alpha value is -1.05. The van der Waals surface area contributed by atoms with Gasteiger partial charge in [0.25, 0.3) is 0 Å². The summed E-state index contributed by atoms with van der Waals surface area (Å²) in [6.07, 6.45) is 13.7. The van der Waals surface area contributed by atoms with E-state index in [1.165, 1.54) is 51.4 Å². The van der Waals surface area contributed by atoms with Crippen LogP contribution in [0.2, 0.25) is 0 Å². The fourth-order valence-electron chi connectivity index (χ4n) is 2.16. The van der Waals surface area contributed by atoms with Gasteiger partial charge in [-0.2, -0.15) is 0 Å². The zero-order valence-electron chi connectivity index (χ0n) is 11.6. The molecule has 2 nitrogen and oxygen atoms in total. The number of carbonyl (C=O) groups excluding carboxylic acids is 1. The van der Waals surface area contributed by atoms with Crippen molar-refractivity contribution >= 4 is 5.78 Å². The fraction of sp³-hybridized carbons (Fsp3) is 0.688. The van der Waals surface area contributed by atoms with Crippen LogP contribution in [-0.2, 0) is 0 Å². The van der Waals surface area contributed by atoms with Gasteiger partial charge in [0, 0.05) is 6.42 Å². The van der Waals surface area contributed by atoms with Crippen LogP contribution in [0.3, 0.4) is 0 Å². The Morgan fingerprint density at radius 2 is 1.61 bits per heavy atom. The number of furan rings is 1. The largest absolute Gasteiger partial charge is 0.461 e. The highest BCUT2D eigenvalue weighted by molar-refractivity contribution is 5.93. The number of hydrogen-bond acceptors (Lipinski definition) is 2. The third-order valence-corrected chi connectivity index (χ3v) is 3.30. The third-order valence-electron chi connectivity index (χ3n) is 3.30. The summed E-state index contributed by atoms with van der Waals surface area (Å²) < 4.78 is 5.08. The highest BCUT2D eigenvalue weighted by Gasteiger charge is 2.07. The van der Waals surface area contributed by atoms with Crippen LogP contribution in [0.1, 0.15) is 81.7 Å². The van der Waals surface area contributed by atoms with Crippen molar-refractivity contribution in [2.45, 2.75) is 71.1 Å². The lowest BCUT2D eigenvalue weighted by atomic mass is 10.1. The van der Waals surface area contributed by atoms with Crippen molar-refractivity contribution in [3.05, 3.63) is 24.2 Å². The van der Waals surface area contributed by atoms with Crippen LogP contribution in [0, 0.1) is 0 Å². The SMILES string of the molecule is CCCCCCCCCCCC(=O)c1ccco1. The molecular formula is C16H26O2. The van der Waals surface area contributed by atoms with Crippen molar-refractivity contribution in [2.75, 3.05) is 0 Å². The number of Topliss-reactive ketones (excluding diaryl/α,β-unsaturated/α-hetero) is 1. The van der Waals surface area contributed by atoms with Crippen molar-refractivity contribution in [3.63, 3.8) is 0 Å². The van der Waals surface area contributed by atoms with E-state index in [4.69, 9.17) is 4.42 Å². The Morgan fingerprint density at radius 1 is 1.00 bits per heavy atom. The van der Waals surface area contributed by atoms with Gasteiger partial charge >= 0.3 is 0 Å². The van der Waals surface area contributed by atoms with Crippen LogP contribution >= 0.6 is 0 Å². The second-order valence-electron chi connectivity index (χ2n) is 4.98. The number of hydrogen-bond donors (Lipinski definition) is 0. The van der Waals surface area contributed by atoms with Crippen molar-refractivity contribution in [3.8, 4) is 0 Å². The molecule has 0 aliphatic rings. The molecule has 1 aromatic heterocycles.